The van der Waals surface area contributed by atoms with E-state index in [0.29, 0.717) is 12.5 Å². The molecule has 1 N–H and O–H groups in total. The molecule has 7 nitrogen and oxygen atoms in total. The third-order valence-electron chi connectivity index (χ3n) is 4.37. The molecule has 0 radical (unpaired) electrons. The minimum absolute atomic E-state index is 0.308. The second-order valence-electron chi connectivity index (χ2n) is 6.19. The number of nitrogens with one attached hydrogen (secondary N) is 1. The van der Waals surface area contributed by atoms with Crippen molar-refractivity contribution in [1.82, 2.24) is 19.2 Å². The highest BCUT2D eigenvalue weighted by Crippen LogP contribution is 2.17. The van der Waals surface area contributed by atoms with Gasteiger partial charge in [-0.05, 0) is 12.3 Å². The van der Waals surface area contributed by atoms with E-state index in [1.54, 1.807) is 6.20 Å². The number of hydrogen-bond acceptors (Lipinski definition) is 5. The Kier molecular flexibility index (Phi) is 4.82. The van der Waals surface area contributed by atoms with E-state index in [9.17, 15) is 8.42 Å². The summed E-state index contributed by atoms with van der Waals surface area (Å²) >= 11 is 0. The van der Waals surface area contributed by atoms with E-state index in [0.717, 1.165) is 63.8 Å². The number of aromatic nitrogens is 2. The predicted molar refractivity (Wildman–Crippen MR) is 83.0 cm³/mol. The molecule has 8 heteroatoms. The molecule has 22 heavy (non-hydrogen) atoms. The molecule has 0 aliphatic carbocycles. The van der Waals surface area contributed by atoms with Crippen LogP contribution >= 0.6 is 0 Å². The summed E-state index contributed by atoms with van der Waals surface area (Å²) in [7, 11) is -3.18. The third kappa shape index (κ3) is 4.07. The molecule has 2 aliphatic heterocycles. The summed E-state index contributed by atoms with van der Waals surface area (Å²) in [6.07, 6.45) is 5.03. The monoisotopic (exact) mass is 328 g/mol. The first kappa shape index (κ1) is 15.9. The van der Waals surface area contributed by atoms with Crippen molar-refractivity contribution in [3.05, 3.63) is 17.7 Å². The van der Waals surface area contributed by atoms with Gasteiger partial charge in [0.15, 0.2) is 0 Å². The van der Waals surface area contributed by atoms with Crippen molar-refractivity contribution in [1.29, 1.82) is 0 Å². The Morgan fingerprint density at radius 1 is 1.41 bits per heavy atom. The molecule has 0 saturated carbocycles. The van der Waals surface area contributed by atoms with Crippen molar-refractivity contribution in [3.63, 3.8) is 0 Å². The smallest absolute Gasteiger partial charge is 0.209 e. The zero-order chi connectivity index (χ0) is 15.6. The number of sulfonamides is 1. The molecule has 0 aromatic carbocycles. The van der Waals surface area contributed by atoms with E-state index >= 15 is 0 Å². The topological polar surface area (TPSA) is 76.5 Å². The van der Waals surface area contributed by atoms with Gasteiger partial charge in [-0.15, -0.1) is 0 Å². The highest BCUT2D eigenvalue weighted by molar-refractivity contribution is 7.88. The van der Waals surface area contributed by atoms with E-state index in [1.807, 2.05) is 0 Å². The van der Waals surface area contributed by atoms with Crippen LogP contribution in [0.3, 0.4) is 0 Å². The lowest BCUT2D eigenvalue weighted by Gasteiger charge is -2.22. The molecule has 0 unspecified atom stereocenters. The number of nitrogens with zero attached hydrogens (tertiary/aromatic N) is 3. The van der Waals surface area contributed by atoms with Gasteiger partial charge in [-0.1, -0.05) is 0 Å². The molecule has 3 rings (SSSR count). The maximum absolute atomic E-state index is 11.2. The molecule has 124 valence electrons. The molecule has 3 heterocycles. The van der Waals surface area contributed by atoms with Gasteiger partial charge in [-0.25, -0.2) is 18.1 Å². The van der Waals surface area contributed by atoms with Crippen molar-refractivity contribution in [2.45, 2.75) is 25.9 Å². The Balaban J connectivity index is 1.60. The second kappa shape index (κ2) is 6.66. The Bertz CT molecular complexity index is 608. The van der Waals surface area contributed by atoms with Crippen LogP contribution in [-0.2, 0) is 34.3 Å². The highest BCUT2D eigenvalue weighted by atomic mass is 32.2. The van der Waals surface area contributed by atoms with Crippen molar-refractivity contribution in [2.75, 3.05) is 39.1 Å². The van der Waals surface area contributed by atoms with Crippen LogP contribution < -0.4 is 4.72 Å². The van der Waals surface area contributed by atoms with Crippen LogP contribution in [0.25, 0.3) is 0 Å². The summed E-state index contributed by atoms with van der Waals surface area (Å²) in [6.45, 7) is 6.01. The number of rotatable bonds is 5. The molecule has 1 fully saturated rings. The number of imidazole rings is 1. The Hall–Kier alpha value is -0.960. The standard InChI is InChI=1S/C14H24N4O3S/c1-22(19,20)16-9-13-8-15-14-2-4-17(5-6-18(13)14)10-12-3-7-21-11-12/h8,12,16H,2-7,9-11H2,1H3/t12-/m0/s1. The zero-order valence-corrected chi connectivity index (χ0v) is 13.8. The van der Waals surface area contributed by atoms with Crippen molar-refractivity contribution >= 4 is 10.0 Å². The van der Waals surface area contributed by atoms with Crippen LogP contribution in [0.1, 0.15) is 17.9 Å². The summed E-state index contributed by atoms with van der Waals surface area (Å²) in [5.74, 6) is 1.70. The Morgan fingerprint density at radius 2 is 2.27 bits per heavy atom. The Morgan fingerprint density at radius 3 is 3.00 bits per heavy atom. The summed E-state index contributed by atoms with van der Waals surface area (Å²) in [5, 5.41) is 0. The summed E-state index contributed by atoms with van der Waals surface area (Å²) < 4.78 is 32.6. The fourth-order valence-corrected chi connectivity index (χ4v) is 3.57. The van der Waals surface area contributed by atoms with Crippen LogP contribution in [0.5, 0.6) is 0 Å². The maximum atomic E-state index is 11.2. The number of fused-ring (bicyclic) bond motifs is 1. The number of ether oxygens (including phenoxy) is 1. The molecular formula is C14H24N4O3S. The maximum Gasteiger partial charge on any atom is 0.209 e. The molecule has 2 aliphatic rings. The van der Waals surface area contributed by atoms with Gasteiger partial charge in [-0.2, -0.15) is 0 Å². The average molecular weight is 328 g/mol. The van der Waals surface area contributed by atoms with Gasteiger partial charge in [0.1, 0.15) is 5.82 Å². The molecule has 0 spiro atoms. The van der Waals surface area contributed by atoms with Gasteiger partial charge in [0.2, 0.25) is 10.0 Å². The summed E-state index contributed by atoms with van der Waals surface area (Å²) in [5.41, 5.74) is 0.937. The van der Waals surface area contributed by atoms with Gasteiger partial charge < -0.3 is 14.2 Å². The van der Waals surface area contributed by atoms with Crippen LogP contribution in [0, 0.1) is 5.92 Å². The van der Waals surface area contributed by atoms with Crippen LogP contribution in [0.4, 0.5) is 0 Å². The van der Waals surface area contributed by atoms with E-state index in [2.05, 4.69) is 19.2 Å². The highest BCUT2D eigenvalue weighted by Gasteiger charge is 2.22. The SMILES string of the molecule is CS(=O)(=O)NCc1cnc2n1CCN(C[C@@H]1CCOC1)CC2. The first-order chi connectivity index (χ1) is 10.5. The van der Waals surface area contributed by atoms with E-state index in [1.165, 1.54) is 6.26 Å². The molecule has 0 bridgehead atoms. The normalized spacial score (nSPS) is 23.4. The van der Waals surface area contributed by atoms with E-state index < -0.39 is 10.0 Å². The van der Waals surface area contributed by atoms with Crippen molar-refractivity contribution in [3.8, 4) is 0 Å². The second-order valence-corrected chi connectivity index (χ2v) is 8.02. The van der Waals surface area contributed by atoms with E-state index in [-0.39, 0.29) is 0 Å². The van der Waals surface area contributed by atoms with Crippen LogP contribution in [0.2, 0.25) is 0 Å². The minimum atomic E-state index is -3.18. The first-order valence-electron chi connectivity index (χ1n) is 7.79. The number of hydrogen-bond donors (Lipinski definition) is 1. The lowest BCUT2D eigenvalue weighted by Crippen LogP contribution is -2.32. The molecular weight excluding hydrogens is 304 g/mol. The third-order valence-corrected chi connectivity index (χ3v) is 5.04. The summed E-state index contributed by atoms with van der Waals surface area (Å²) in [6, 6.07) is 0. The van der Waals surface area contributed by atoms with Gasteiger partial charge in [-0.3, -0.25) is 0 Å². The summed E-state index contributed by atoms with van der Waals surface area (Å²) in [4.78, 5) is 6.93. The molecule has 0 amide bonds. The molecule has 1 aromatic rings. The molecule has 1 saturated heterocycles. The minimum Gasteiger partial charge on any atom is -0.381 e. The molecule has 1 aromatic heterocycles. The van der Waals surface area contributed by atoms with Gasteiger partial charge >= 0.3 is 0 Å². The van der Waals surface area contributed by atoms with Gasteiger partial charge in [0.05, 0.1) is 25.1 Å². The van der Waals surface area contributed by atoms with Gasteiger partial charge in [0.25, 0.3) is 0 Å². The van der Waals surface area contributed by atoms with Crippen LogP contribution in [-0.4, -0.2) is 62.0 Å². The lowest BCUT2D eigenvalue weighted by molar-refractivity contribution is 0.167. The van der Waals surface area contributed by atoms with Crippen molar-refractivity contribution in [2.24, 2.45) is 5.92 Å². The zero-order valence-electron chi connectivity index (χ0n) is 13.0. The largest absolute Gasteiger partial charge is 0.381 e. The van der Waals surface area contributed by atoms with Crippen molar-refractivity contribution < 1.29 is 13.2 Å². The first-order valence-corrected chi connectivity index (χ1v) is 9.68. The fraction of sp³-hybridized carbons (Fsp3) is 0.786. The Labute approximate surface area is 131 Å². The quantitative estimate of drug-likeness (QED) is 0.812. The molecule has 1 atom stereocenters. The van der Waals surface area contributed by atoms with Gasteiger partial charge in [0, 0.05) is 45.4 Å². The lowest BCUT2D eigenvalue weighted by atomic mass is 10.1. The van der Waals surface area contributed by atoms with Crippen LogP contribution in [0.15, 0.2) is 6.20 Å². The average Bonchev–Trinajstić information content (AvgIpc) is 3.04. The van der Waals surface area contributed by atoms with E-state index in [4.69, 9.17) is 4.74 Å². The fourth-order valence-electron chi connectivity index (χ4n) is 3.16. The predicted octanol–water partition coefficient (Wildman–Crippen LogP) is -0.173.